The second-order valence-electron chi connectivity index (χ2n) is 5.76. The number of rotatable bonds is 0. The molecule has 4 nitrogen and oxygen atoms in total. The van der Waals surface area contributed by atoms with Crippen molar-refractivity contribution in [2.45, 2.75) is 32.2 Å². The van der Waals surface area contributed by atoms with Gasteiger partial charge in [-0.2, -0.15) is 0 Å². The fourth-order valence-corrected chi connectivity index (χ4v) is 3.81. The van der Waals surface area contributed by atoms with Crippen molar-refractivity contribution >= 4 is 17.3 Å². The van der Waals surface area contributed by atoms with Crippen LogP contribution in [0.25, 0.3) is 0 Å². The minimum Gasteiger partial charge on any atom is -0.357 e. The van der Waals surface area contributed by atoms with Crippen LogP contribution in [0.5, 0.6) is 0 Å². The zero-order chi connectivity index (χ0) is 15.1. The highest BCUT2D eigenvalue weighted by Gasteiger charge is 2.46. The van der Waals surface area contributed by atoms with E-state index >= 15 is 0 Å². The molecule has 3 aliphatic heterocycles. The quantitative estimate of drug-likeness (QED) is 0.797. The van der Waals surface area contributed by atoms with E-state index in [2.05, 4.69) is 22.2 Å². The van der Waals surface area contributed by atoms with Crippen LogP contribution < -0.4 is 10.2 Å². The molecule has 0 aliphatic carbocycles. The maximum atomic E-state index is 14.2. The van der Waals surface area contributed by atoms with Gasteiger partial charge in [0.05, 0.1) is 17.9 Å². The van der Waals surface area contributed by atoms with Gasteiger partial charge in [0, 0.05) is 24.1 Å². The maximum Gasteiger partial charge on any atom is 0.243 e. The molecular formula is C16H22FN3O. The standard InChI is InChI=1S/C14H16FN3O.C2H6/c1-17-5-4-11-8(6-17)13-9(15)2-3-10-14(13)18(11)7-12(19)16-10;1-2/h2-3,8,11H,4-7H2,1H3,(H,16,19);1-2H3. The first kappa shape index (κ1) is 14.3. The van der Waals surface area contributed by atoms with Gasteiger partial charge in [0.2, 0.25) is 5.91 Å². The number of halogens is 1. The molecule has 1 amide bonds. The van der Waals surface area contributed by atoms with E-state index in [0.29, 0.717) is 6.54 Å². The van der Waals surface area contributed by atoms with Gasteiger partial charge in [-0.05, 0) is 32.1 Å². The zero-order valence-corrected chi connectivity index (χ0v) is 12.8. The van der Waals surface area contributed by atoms with Crippen molar-refractivity contribution in [2.75, 3.05) is 36.9 Å². The fraction of sp³-hybridized carbons (Fsp3) is 0.562. The van der Waals surface area contributed by atoms with E-state index < -0.39 is 0 Å². The number of hydrogen-bond donors (Lipinski definition) is 1. The first-order chi connectivity index (χ1) is 10.1. The number of fused-ring (bicyclic) bond motifs is 3. The molecule has 3 heterocycles. The Bertz CT molecular complexity index is 575. The van der Waals surface area contributed by atoms with E-state index in [4.69, 9.17) is 0 Å². The highest BCUT2D eigenvalue weighted by Crippen LogP contribution is 2.50. The lowest BCUT2D eigenvalue weighted by Gasteiger charge is -2.38. The lowest BCUT2D eigenvalue weighted by atomic mass is 9.89. The van der Waals surface area contributed by atoms with Crippen molar-refractivity contribution in [1.29, 1.82) is 0 Å². The van der Waals surface area contributed by atoms with Crippen molar-refractivity contribution < 1.29 is 9.18 Å². The minimum atomic E-state index is -0.136. The topological polar surface area (TPSA) is 35.6 Å². The van der Waals surface area contributed by atoms with Crippen LogP contribution in [0.3, 0.4) is 0 Å². The summed E-state index contributed by atoms with van der Waals surface area (Å²) in [5.41, 5.74) is 2.49. The highest BCUT2D eigenvalue weighted by molar-refractivity contribution is 6.03. The Morgan fingerprint density at radius 1 is 1.33 bits per heavy atom. The molecule has 1 aromatic rings. The molecular weight excluding hydrogens is 269 g/mol. The highest BCUT2D eigenvalue weighted by atomic mass is 19.1. The predicted molar refractivity (Wildman–Crippen MR) is 82.4 cm³/mol. The Hall–Kier alpha value is -1.62. The lowest BCUT2D eigenvalue weighted by Crippen LogP contribution is -2.48. The summed E-state index contributed by atoms with van der Waals surface area (Å²) in [7, 11) is 2.07. The smallest absolute Gasteiger partial charge is 0.243 e. The van der Waals surface area contributed by atoms with Crippen LogP contribution in [-0.4, -0.2) is 43.5 Å². The maximum absolute atomic E-state index is 14.2. The first-order valence-electron chi connectivity index (χ1n) is 7.72. The minimum absolute atomic E-state index is 0.00429. The van der Waals surface area contributed by atoms with Gasteiger partial charge in [-0.25, -0.2) is 4.39 Å². The van der Waals surface area contributed by atoms with Crippen LogP contribution in [0.1, 0.15) is 31.7 Å². The van der Waals surface area contributed by atoms with Crippen LogP contribution in [-0.2, 0) is 4.79 Å². The van der Waals surface area contributed by atoms with E-state index in [1.807, 2.05) is 13.8 Å². The van der Waals surface area contributed by atoms with Crippen LogP contribution in [0.15, 0.2) is 12.1 Å². The Kier molecular flexibility index (Phi) is 3.61. The second kappa shape index (κ2) is 5.30. The summed E-state index contributed by atoms with van der Waals surface area (Å²) in [6, 6.07) is 3.43. The number of benzene rings is 1. The largest absolute Gasteiger partial charge is 0.357 e. The van der Waals surface area contributed by atoms with Crippen LogP contribution in [0, 0.1) is 5.82 Å². The number of anilines is 2. The van der Waals surface area contributed by atoms with E-state index in [-0.39, 0.29) is 23.7 Å². The van der Waals surface area contributed by atoms with Gasteiger partial charge in [-0.3, -0.25) is 4.79 Å². The van der Waals surface area contributed by atoms with Crippen LogP contribution in [0.4, 0.5) is 15.8 Å². The molecule has 1 fully saturated rings. The van der Waals surface area contributed by atoms with Crippen LogP contribution in [0.2, 0.25) is 0 Å². The van der Waals surface area contributed by atoms with Crippen molar-refractivity contribution in [3.8, 4) is 0 Å². The number of likely N-dealkylation sites (tertiary alicyclic amines) is 1. The summed E-state index contributed by atoms with van der Waals surface area (Å²) in [5.74, 6) is 0.0498. The number of likely N-dealkylation sites (N-methyl/N-ethyl adjacent to an activating group) is 1. The molecule has 1 aromatic carbocycles. The molecule has 114 valence electrons. The summed E-state index contributed by atoms with van der Waals surface area (Å²) in [5, 5.41) is 2.86. The predicted octanol–water partition coefficient (Wildman–Crippen LogP) is 2.41. The average Bonchev–Trinajstić information content (AvgIpc) is 2.80. The lowest BCUT2D eigenvalue weighted by molar-refractivity contribution is -0.115. The van der Waals surface area contributed by atoms with Crippen molar-refractivity contribution in [2.24, 2.45) is 0 Å². The van der Waals surface area contributed by atoms with Gasteiger partial charge in [0.15, 0.2) is 0 Å². The van der Waals surface area contributed by atoms with E-state index in [1.165, 1.54) is 6.07 Å². The van der Waals surface area contributed by atoms with E-state index in [9.17, 15) is 9.18 Å². The summed E-state index contributed by atoms with van der Waals surface area (Å²) < 4.78 is 14.2. The summed E-state index contributed by atoms with van der Waals surface area (Å²) in [6.45, 7) is 6.22. The molecule has 5 heteroatoms. The number of hydrogen-bond acceptors (Lipinski definition) is 3. The van der Waals surface area contributed by atoms with Gasteiger partial charge >= 0.3 is 0 Å². The number of carbonyl (C=O) groups is 1. The molecule has 0 aromatic heterocycles. The Balaban J connectivity index is 0.000000636. The average molecular weight is 291 g/mol. The number of carbonyl (C=O) groups excluding carboxylic acids is 1. The molecule has 21 heavy (non-hydrogen) atoms. The Labute approximate surface area is 124 Å². The Morgan fingerprint density at radius 2 is 2.10 bits per heavy atom. The third kappa shape index (κ3) is 2.11. The fourth-order valence-electron chi connectivity index (χ4n) is 3.81. The molecule has 1 N–H and O–H groups in total. The SMILES string of the molecule is CC.CN1CCC2C(C1)c1c(F)ccc3c1N2CC(=O)N3. The van der Waals surface area contributed by atoms with Crippen LogP contribution >= 0.6 is 0 Å². The Morgan fingerprint density at radius 3 is 2.86 bits per heavy atom. The molecule has 0 saturated carbocycles. The third-order valence-electron chi connectivity index (χ3n) is 4.59. The molecule has 4 rings (SSSR count). The monoisotopic (exact) mass is 291 g/mol. The van der Waals surface area contributed by atoms with E-state index in [1.54, 1.807) is 6.07 Å². The second-order valence-corrected chi connectivity index (χ2v) is 5.76. The molecule has 1 saturated heterocycles. The molecule has 3 aliphatic rings. The first-order valence-corrected chi connectivity index (χ1v) is 7.72. The number of amides is 1. The zero-order valence-electron chi connectivity index (χ0n) is 12.8. The van der Waals surface area contributed by atoms with Gasteiger partial charge in [-0.1, -0.05) is 13.8 Å². The summed E-state index contributed by atoms with van der Waals surface area (Å²) in [6.07, 6.45) is 0.988. The van der Waals surface area contributed by atoms with Gasteiger partial charge < -0.3 is 15.1 Å². The third-order valence-corrected chi connectivity index (χ3v) is 4.59. The molecule has 2 atom stereocenters. The van der Waals surface area contributed by atoms with Crippen molar-refractivity contribution in [3.63, 3.8) is 0 Å². The molecule has 2 unspecified atom stereocenters. The van der Waals surface area contributed by atoms with Gasteiger partial charge in [0.25, 0.3) is 0 Å². The van der Waals surface area contributed by atoms with Crippen molar-refractivity contribution in [1.82, 2.24) is 4.90 Å². The number of piperidine rings is 1. The van der Waals surface area contributed by atoms with E-state index in [0.717, 1.165) is 36.4 Å². The van der Waals surface area contributed by atoms with Gasteiger partial charge in [-0.15, -0.1) is 0 Å². The molecule has 0 radical (unpaired) electrons. The summed E-state index contributed by atoms with van der Waals surface area (Å²) in [4.78, 5) is 16.1. The number of nitrogens with zero attached hydrogens (tertiary/aromatic N) is 2. The molecule has 0 spiro atoms. The van der Waals surface area contributed by atoms with Gasteiger partial charge in [0.1, 0.15) is 5.82 Å². The molecule has 0 bridgehead atoms. The van der Waals surface area contributed by atoms with Crippen molar-refractivity contribution in [3.05, 3.63) is 23.5 Å². The normalized spacial score (nSPS) is 26.5. The number of nitrogens with one attached hydrogen (secondary N) is 1. The summed E-state index contributed by atoms with van der Waals surface area (Å²) >= 11 is 0.